The fraction of sp³-hybridized carbons (Fsp3) is 0.789. The monoisotopic (exact) mass is 410 g/mol. The molecule has 1 aliphatic heterocycles. The molecule has 8 nitrogen and oxygen atoms in total. The van der Waals surface area contributed by atoms with Gasteiger partial charge in [-0.25, -0.2) is 8.42 Å². The summed E-state index contributed by atoms with van der Waals surface area (Å²) in [5.74, 6) is 1.20. The predicted molar refractivity (Wildman–Crippen MR) is 103 cm³/mol. The Morgan fingerprint density at radius 1 is 1.29 bits per heavy atom. The van der Waals surface area contributed by atoms with Gasteiger partial charge in [0.1, 0.15) is 4.90 Å². The summed E-state index contributed by atoms with van der Waals surface area (Å²) in [7, 11) is -1.82. The average Bonchev–Trinajstić information content (AvgIpc) is 3.22. The van der Waals surface area contributed by atoms with Gasteiger partial charge in [-0.2, -0.15) is 9.40 Å². The maximum atomic E-state index is 13.0. The predicted octanol–water partition coefficient (Wildman–Crippen LogP) is 1.14. The van der Waals surface area contributed by atoms with E-state index in [2.05, 4.69) is 10.4 Å². The second-order valence-corrected chi connectivity index (χ2v) is 10.4. The van der Waals surface area contributed by atoms with Crippen molar-refractivity contribution >= 4 is 15.9 Å². The number of nitrogens with zero attached hydrogens (tertiary/aromatic N) is 3. The molecule has 3 aliphatic rings. The largest absolute Gasteiger partial charge is 0.376 e. The second kappa shape index (κ2) is 7.76. The van der Waals surface area contributed by atoms with E-state index >= 15 is 0 Å². The van der Waals surface area contributed by atoms with Gasteiger partial charge in [0.2, 0.25) is 15.9 Å². The van der Waals surface area contributed by atoms with Gasteiger partial charge in [-0.15, -0.1) is 0 Å². The van der Waals surface area contributed by atoms with Crippen LogP contribution in [0.5, 0.6) is 0 Å². The third kappa shape index (κ3) is 4.11. The van der Waals surface area contributed by atoms with E-state index in [1.165, 1.54) is 23.7 Å². The van der Waals surface area contributed by atoms with Crippen molar-refractivity contribution in [2.75, 3.05) is 19.7 Å². The van der Waals surface area contributed by atoms with Crippen molar-refractivity contribution in [2.45, 2.75) is 56.1 Å². The van der Waals surface area contributed by atoms with Crippen LogP contribution in [0, 0.1) is 17.8 Å². The summed E-state index contributed by atoms with van der Waals surface area (Å²) >= 11 is 0. The van der Waals surface area contributed by atoms with Crippen LogP contribution in [-0.4, -0.2) is 60.3 Å². The number of nitrogens with one attached hydrogen (secondary N) is 1. The average molecular weight is 411 g/mol. The number of ether oxygens (including phenoxy) is 1. The number of fused-ring (bicyclic) bond motifs is 1. The SMILES string of the molecule is CCC(=O)N[C@H]1C[C@H]2CN(S(=O)(=O)c3cnn(C)c3)C[C@H]2C[C@@H]1OCC1CC1. The number of carbonyl (C=O) groups is 1. The quantitative estimate of drug-likeness (QED) is 0.728. The third-order valence-electron chi connectivity index (χ3n) is 6.31. The highest BCUT2D eigenvalue weighted by molar-refractivity contribution is 7.89. The molecule has 156 valence electrons. The molecule has 0 spiro atoms. The minimum Gasteiger partial charge on any atom is -0.376 e. The van der Waals surface area contributed by atoms with Crippen molar-refractivity contribution < 1.29 is 17.9 Å². The van der Waals surface area contributed by atoms with Gasteiger partial charge >= 0.3 is 0 Å². The number of aromatic nitrogens is 2. The first-order valence-corrected chi connectivity index (χ1v) is 11.7. The molecule has 3 fully saturated rings. The van der Waals surface area contributed by atoms with E-state index in [0.717, 1.165) is 19.4 Å². The number of aryl methyl sites for hydroxylation is 1. The Morgan fingerprint density at radius 3 is 2.61 bits per heavy atom. The van der Waals surface area contributed by atoms with Crippen LogP contribution >= 0.6 is 0 Å². The maximum Gasteiger partial charge on any atom is 0.246 e. The summed E-state index contributed by atoms with van der Waals surface area (Å²) in [6.45, 7) is 3.60. The van der Waals surface area contributed by atoms with E-state index in [4.69, 9.17) is 4.74 Å². The molecule has 4 atom stereocenters. The lowest BCUT2D eigenvalue weighted by Crippen LogP contribution is -2.50. The van der Waals surface area contributed by atoms with Crippen LogP contribution in [0.25, 0.3) is 0 Å². The van der Waals surface area contributed by atoms with E-state index in [9.17, 15) is 13.2 Å². The molecule has 2 aliphatic carbocycles. The first-order valence-electron chi connectivity index (χ1n) is 10.3. The Balaban J connectivity index is 1.46. The normalized spacial score (nSPS) is 30.9. The zero-order valence-electron chi connectivity index (χ0n) is 16.6. The van der Waals surface area contributed by atoms with E-state index < -0.39 is 10.0 Å². The van der Waals surface area contributed by atoms with Crippen molar-refractivity contribution in [3.8, 4) is 0 Å². The van der Waals surface area contributed by atoms with Gasteiger partial charge in [0, 0.05) is 39.4 Å². The summed E-state index contributed by atoms with van der Waals surface area (Å²) in [5.41, 5.74) is 0. The molecule has 0 unspecified atom stereocenters. The van der Waals surface area contributed by atoms with Crippen LogP contribution < -0.4 is 5.32 Å². The van der Waals surface area contributed by atoms with Gasteiger partial charge in [0.25, 0.3) is 0 Å². The Hall–Kier alpha value is -1.45. The fourth-order valence-electron chi connectivity index (χ4n) is 4.44. The lowest BCUT2D eigenvalue weighted by atomic mass is 9.77. The van der Waals surface area contributed by atoms with Crippen LogP contribution in [0.3, 0.4) is 0 Å². The number of amides is 1. The topological polar surface area (TPSA) is 93.5 Å². The molecule has 1 saturated heterocycles. The van der Waals surface area contributed by atoms with Crippen molar-refractivity contribution in [1.29, 1.82) is 0 Å². The molecule has 28 heavy (non-hydrogen) atoms. The standard InChI is InChI=1S/C19H30N4O4S/c1-3-19(24)21-17-6-14-9-23(28(25,26)16-8-20-22(2)11-16)10-15(14)7-18(17)27-12-13-4-5-13/h8,11,13-15,17-18H,3-7,9-10,12H2,1-2H3,(H,21,24)/t14-,15+,17-,18-/m0/s1. The van der Waals surface area contributed by atoms with Crippen LogP contribution in [0.1, 0.15) is 39.0 Å². The van der Waals surface area contributed by atoms with Crippen molar-refractivity contribution in [3.05, 3.63) is 12.4 Å². The first-order chi connectivity index (χ1) is 13.4. The van der Waals surface area contributed by atoms with Crippen LogP contribution in [0.15, 0.2) is 17.3 Å². The molecular formula is C19H30N4O4S. The zero-order valence-corrected chi connectivity index (χ0v) is 17.4. The zero-order chi connectivity index (χ0) is 19.9. The lowest BCUT2D eigenvalue weighted by molar-refractivity contribution is -0.124. The minimum atomic E-state index is -3.53. The highest BCUT2D eigenvalue weighted by Gasteiger charge is 2.46. The van der Waals surface area contributed by atoms with Crippen molar-refractivity contribution in [1.82, 2.24) is 19.4 Å². The summed E-state index contributed by atoms with van der Waals surface area (Å²) in [6.07, 6.45) is 7.38. The fourth-order valence-corrected chi connectivity index (χ4v) is 5.98. The molecule has 0 aromatic carbocycles. The van der Waals surface area contributed by atoms with Crippen LogP contribution in [0.2, 0.25) is 0 Å². The van der Waals surface area contributed by atoms with Gasteiger partial charge in [-0.05, 0) is 43.4 Å². The molecule has 0 radical (unpaired) electrons. The number of hydrogen-bond donors (Lipinski definition) is 1. The Bertz CT molecular complexity index is 820. The van der Waals surface area contributed by atoms with Gasteiger partial charge in [0.15, 0.2) is 0 Å². The summed E-state index contributed by atoms with van der Waals surface area (Å²) in [4.78, 5) is 12.2. The van der Waals surface area contributed by atoms with Crippen molar-refractivity contribution in [2.24, 2.45) is 24.8 Å². The molecule has 0 bridgehead atoms. The van der Waals surface area contributed by atoms with Crippen LogP contribution in [0.4, 0.5) is 0 Å². The van der Waals surface area contributed by atoms with E-state index in [1.807, 2.05) is 6.92 Å². The number of sulfonamides is 1. The molecule has 1 N–H and O–H groups in total. The number of carbonyl (C=O) groups excluding carboxylic acids is 1. The minimum absolute atomic E-state index is 0.0290. The van der Waals surface area contributed by atoms with Gasteiger partial charge in [-0.3, -0.25) is 9.48 Å². The Kier molecular flexibility index (Phi) is 5.50. The van der Waals surface area contributed by atoms with E-state index in [0.29, 0.717) is 25.4 Å². The Morgan fingerprint density at radius 2 is 2.00 bits per heavy atom. The first kappa shape index (κ1) is 19.8. The highest BCUT2D eigenvalue weighted by Crippen LogP contribution is 2.40. The molecule has 4 rings (SSSR count). The summed E-state index contributed by atoms with van der Waals surface area (Å²) in [5, 5.41) is 7.12. The second-order valence-electron chi connectivity index (χ2n) is 8.51. The lowest BCUT2D eigenvalue weighted by Gasteiger charge is -2.38. The maximum absolute atomic E-state index is 13.0. The molecule has 1 aromatic rings. The van der Waals surface area contributed by atoms with E-state index in [1.54, 1.807) is 17.5 Å². The van der Waals surface area contributed by atoms with E-state index in [-0.39, 0.29) is 34.8 Å². The molecule has 2 heterocycles. The summed E-state index contributed by atoms with van der Waals surface area (Å²) in [6, 6.07) is -0.0338. The number of rotatable bonds is 7. The molecule has 9 heteroatoms. The molecular weight excluding hydrogens is 380 g/mol. The smallest absolute Gasteiger partial charge is 0.246 e. The van der Waals surface area contributed by atoms with Crippen LogP contribution in [-0.2, 0) is 26.6 Å². The molecule has 1 amide bonds. The molecule has 1 aromatic heterocycles. The molecule has 2 saturated carbocycles. The van der Waals surface area contributed by atoms with Gasteiger partial charge in [-0.1, -0.05) is 6.92 Å². The number of hydrogen-bond acceptors (Lipinski definition) is 5. The highest BCUT2D eigenvalue weighted by atomic mass is 32.2. The Labute approximate surface area is 166 Å². The van der Waals surface area contributed by atoms with Gasteiger partial charge in [0.05, 0.1) is 18.3 Å². The van der Waals surface area contributed by atoms with Gasteiger partial charge < -0.3 is 10.1 Å². The van der Waals surface area contributed by atoms with Crippen molar-refractivity contribution in [3.63, 3.8) is 0 Å². The summed E-state index contributed by atoms with van der Waals surface area (Å²) < 4.78 is 35.2. The third-order valence-corrected chi connectivity index (χ3v) is 8.10.